The number of fused-ring (bicyclic) bond motifs is 4. The molecule has 1 unspecified atom stereocenters. The summed E-state index contributed by atoms with van der Waals surface area (Å²) in [7, 11) is -0.849. The van der Waals surface area contributed by atoms with Gasteiger partial charge in [0.2, 0.25) is 10.0 Å². The Morgan fingerprint density at radius 2 is 1.86 bits per heavy atom. The zero-order chi connectivity index (χ0) is 20.8. The van der Waals surface area contributed by atoms with E-state index in [0.29, 0.717) is 31.1 Å². The third-order valence-electron chi connectivity index (χ3n) is 7.84. The largest absolute Gasteiger partial charge is 0.311 e. The van der Waals surface area contributed by atoms with Gasteiger partial charge in [-0.05, 0) is 76.7 Å². The molecule has 0 amide bonds. The van der Waals surface area contributed by atoms with E-state index in [9.17, 15) is 8.42 Å². The SMILES string of the molecule is CC(C)S(=O)(=O)N1CCC(CN[C@H]2[C@H]3Cc4ccccc4C2(C)CCN3C)CC1. The molecule has 4 rings (SSSR count). The van der Waals surface area contributed by atoms with Crippen LogP contribution in [0.1, 0.15) is 51.2 Å². The summed E-state index contributed by atoms with van der Waals surface area (Å²) in [5.41, 5.74) is 3.21. The van der Waals surface area contributed by atoms with E-state index in [1.54, 1.807) is 18.2 Å². The first-order valence-corrected chi connectivity index (χ1v) is 12.7. The van der Waals surface area contributed by atoms with Gasteiger partial charge in [0, 0.05) is 30.6 Å². The van der Waals surface area contributed by atoms with Crippen LogP contribution >= 0.6 is 0 Å². The Morgan fingerprint density at radius 3 is 2.55 bits per heavy atom. The second-order valence-electron chi connectivity index (χ2n) is 9.90. The molecular formula is C23H37N3O2S. The molecule has 3 aliphatic rings. The lowest BCUT2D eigenvalue weighted by atomic mass is 9.61. The molecule has 0 spiro atoms. The molecular weight excluding hydrogens is 382 g/mol. The van der Waals surface area contributed by atoms with E-state index in [4.69, 9.17) is 0 Å². The molecule has 1 aromatic rings. The minimum Gasteiger partial charge on any atom is -0.311 e. The Kier molecular flexibility index (Phi) is 5.84. The molecule has 2 aliphatic heterocycles. The average Bonchev–Trinajstić information content (AvgIpc) is 2.70. The normalized spacial score (nSPS) is 31.8. The first-order valence-electron chi connectivity index (χ1n) is 11.2. The van der Waals surface area contributed by atoms with E-state index in [2.05, 4.69) is 48.5 Å². The predicted molar refractivity (Wildman–Crippen MR) is 119 cm³/mol. The van der Waals surface area contributed by atoms with Crippen LogP contribution in [-0.4, -0.2) is 68.2 Å². The van der Waals surface area contributed by atoms with Gasteiger partial charge in [-0.3, -0.25) is 0 Å². The number of nitrogens with one attached hydrogen (secondary N) is 1. The smallest absolute Gasteiger partial charge is 0.216 e. The number of likely N-dealkylation sites (tertiary alicyclic amines) is 1. The van der Waals surface area contributed by atoms with Crippen LogP contribution in [0.2, 0.25) is 0 Å². The monoisotopic (exact) mass is 419 g/mol. The molecule has 1 aromatic carbocycles. The number of likely N-dealkylation sites (N-methyl/N-ethyl adjacent to an activating group) is 1. The molecule has 2 heterocycles. The van der Waals surface area contributed by atoms with Gasteiger partial charge in [-0.2, -0.15) is 0 Å². The number of benzene rings is 1. The molecule has 0 saturated carbocycles. The molecule has 0 radical (unpaired) electrons. The van der Waals surface area contributed by atoms with Crippen molar-refractivity contribution in [2.24, 2.45) is 5.92 Å². The van der Waals surface area contributed by atoms with Crippen LogP contribution in [0.5, 0.6) is 0 Å². The van der Waals surface area contributed by atoms with Crippen LogP contribution in [0, 0.1) is 5.92 Å². The summed E-state index contributed by atoms with van der Waals surface area (Å²) in [6.45, 7) is 9.48. The highest BCUT2D eigenvalue weighted by atomic mass is 32.2. The van der Waals surface area contributed by atoms with Crippen molar-refractivity contribution in [3.63, 3.8) is 0 Å². The molecule has 1 aliphatic carbocycles. The highest BCUT2D eigenvalue weighted by Crippen LogP contribution is 2.44. The van der Waals surface area contributed by atoms with Crippen molar-refractivity contribution in [3.05, 3.63) is 35.4 Å². The molecule has 2 bridgehead atoms. The minimum absolute atomic E-state index is 0.174. The summed E-state index contributed by atoms with van der Waals surface area (Å²) in [5, 5.41) is 3.65. The minimum atomic E-state index is -3.12. The van der Waals surface area contributed by atoms with Crippen LogP contribution in [0.25, 0.3) is 0 Å². The number of sulfonamides is 1. The van der Waals surface area contributed by atoms with Crippen molar-refractivity contribution >= 4 is 10.0 Å². The van der Waals surface area contributed by atoms with Crippen molar-refractivity contribution in [2.45, 2.75) is 69.2 Å². The number of rotatable bonds is 5. The van der Waals surface area contributed by atoms with Gasteiger partial charge >= 0.3 is 0 Å². The van der Waals surface area contributed by atoms with Crippen molar-refractivity contribution in [2.75, 3.05) is 33.2 Å². The number of piperidine rings is 2. The Balaban J connectivity index is 1.43. The summed E-state index contributed by atoms with van der Waals surface area (Å²) in [6.07, 6.45) is 4.21. The highest BCUT2D eigenvalue weighted by Gasteiger charge is 2.49. The van der Waals surface area contributed by atoms with Gasteiger partial charge in [0.1, 0.15) is 0 Å². The summed E-state index contributed by atoms with van der Waals surface area (Å²) in [6, 6.07) is 9.98. The second kappa shape index (κ2) is 7.95. The van der Waals surface area contributed by atoms with Gasteiger partial charge < -0.3 is 10.2 Å². The third kappa shape index (κ3) is 3.78. The lowest BCUT2D eigenvalue weighted by Gasteiger charge is -2.55. The maximum absolute atomic E-state index is 12.4. The summed E-state index contributed by atoms with van der Waals surface area (Å²) in [4.78, 5) is 2.53. The summed E-state index contributed by atoms with van der Waals surface area (Å²) in [5.74, 6) is 0.556. The van der Waals surface area contributed by atoms with Crippen LogP contribution < -0.4 is 5.32 Å². The van der Waals surface area contributed by atoms with E-state index in [-0.39, 0.29) is 10.7 Å². The first-order chi connectivity index (χ1) is 13.7. The molecule has 162 valence electrons. The lowest BCUT2D eigenvalue weighted by molar-refractivity contribution is 0.0621. The zero-order valence-electron chi connectivity index (χ0n) is 18.4. The van der Waals surface area contributed by atoms with Gasteiger partial charge in [-0.1, -0.05) is 31.2 Å². The van der Waals surface area contributed by atoms with Crippen molar-refractivity contribution in [1.29, 1.82) is 0 Å². The van der Waals surface area contributed by atoms with Crippen molar-refractivity contribution in [3.8, 4) is 0 Å². The molecule has 2 saturated heterocycles. The lowest BCUT2D eigenvalue weighted by Crippen LogP contribution is -2.66. The summed E-state index contributed by atoms with van der Waals surface area (Å²) < 4.78 is 26.6. The fourth-order valence-electron chi connectivity index (χ4n) is 5.79. The van der Waals surface area contributed by atoms with Crippen molar-refractivity contribution in [1.82, 2.24) is 14.5 Å². The molecule has 2 fully saturated rings. The van der Waals surface area contributed by atoms with E-state index < -0.39 is 10.0 Å². The maximum atomic E-state index is 12.4. The summed E-state index contributed by atoms with van der Waals surface area (Å²) >= 11 is 0. The van der Waals surface area contributed by atoms with Crippen LogP contribution in [0.15, 0.2) is 24.3 Å². The van der Waals surface area contributed by atoms with E-state index in [1.165, 1.54) is 17.5 Å². The van der Waals surface area contributed by atoms with Gasteiger partial charge in [-0.25, -0.2) is 12.7 Å². The first kappa shape index (κ1) is 21.3. The molecule has 5 nitrogen and oxygen atoms in total. The zero-order valence-corrected chi connectivity index (χ0v) is 19.2. The second-order valence-corrected chi connectivity index (χ2v) is 12.4. The third-order valence-corrected chi connectivity index (χ3v) is 10.1. The van der Waals surface area contributed by atoms with E-state index >= 15 is 0 Å². The van der Waals surface area contributed by atoms with Gasteiger partial charge in [0.05, 0.1) is 5.25 Å². The fraction of sp³-hybridized carbons (Fsp3) is 0.739. The number of hydrogen-bond donors (Lipinski definition) is 1. The average molecular weight is 420 g/mol. The van der Waals surface area contributed by atoms with Gasteiger partial charge in [0.25, 0.3) is 0 Å². The quantitative estimate of drug-likeness (QED) is 0.797. The Morgan fingerprint density at radius 1 is 1.17 bits per heavy atom. The van der Waals surface area contributed by atoms with E-state index in [1.807, 2.05) is 0 Å². The molecule has 3 atom stereocenters. The van der Waals surface area contributed by atoms with Gasteiger partial charge in [0.15, 0.2) is 0 Å². The van der Waals surface area contributed by atoms with Crippen LogP contribution in [0.4, 0.5) is 0 Å². The standard InChI is InChI=1S/C23H37N3O2S/c1-17(2)29(27,28)26-12-9-18(10-13-26)16-24-22-21-15-19-7-5-6-8-20(19)23(22,3)11-14-25(21)4/h5-8,17-18,21-22,24H,9-16H2,1-4H3/t21-,22+,23?/m1/s1. The van der Waals surface area contributed by atoms with Crippen LogP contribution in [0.3, 0.4) is 0 Å². The topological polar surface area (TPSA) is 52.7 Å². The molecule has 1 N–H and O–H groups in total. The molecule has 29 heavy (non-hydrogen) atoms. The Labute approximate surface area is 176 Å². The molecule has 0 aromatic heterocycles. The fourth-order valence-corrected chi connectivity index (χ4v) is 7.10. The van der Waals surface area contributed by atoms with Crippen molar-refractivity contribution < 1.29 is 8.42 Å². The Hall–Kier alpha value is -0.950. The predicted octanol–water partition coefficient (Wildman–Crippen LogP) is 2.61. The molecule has 6 heteroatoms. The highest BCUT2D eigenvalue weighted by molar-refractivity contribution is 7.89. The number of hydrogen-bond acceptors (Lipinski definition) is 4. The van der Waals surface area contributed by atoms with E-state index in [0.717, 1.165) is 32.4 Å². The van der Waals surface area contributed by atoms with Gasteiger partial charge in [-0.15, -0.1) is 0 Å². The maximum Gasteiger partial charge on any atom is 0.216 e. The Bertz CT molecular complexity index is 832. The van der Waals surface area contributed by atoms with Crippen LogP contribution in [-0.2, 0) is 21.9 Å². The number of nitrogens with zero attached hydrogens (tertiary/aromatic N) is 2.